The molecule has 0 spiro atoms. The Balaban J connectivity index is 1.89. The van der Waals surface area contributed by atoms with E-state index in [1.807, 2.05) is 6.07 Å². The number of hydrogen-bond donors (Lipinski definition) is 1. The van der Waals surface area contributed by atoms with Crippen molar-refractivity contribution in [1.29, 1.82) is 0 Å². The topological polar surface area (TPSA) is 40.5 Å². The van der Waals surface area contributed by atoms with Gasteiger partial charge in [0.15, 0.2) is 0 Å². The molecular formula is C18H17ClF3NO2S. The molecule has 1 N–H and O–H groups in total. The van der Waals surface area contributed by atoms with Crippen molar-refractivity contribution in [3.05, 3.63) is 56.7 Å². The molecule has 0 radical (unpaired) electrons. The second-order valence-electron chi connectivity index (χ2n) is 6.31. The van der Waals surface area contributed by atoms with Crippen LogP contribution in [0.15, 0.2) is 36.4 Å². The SMILES string of the molecule is O=C(O)C1CCN(C(c2ccc(C(F)(F)F)cc2)c2ccc(Cl)s2)CC1. The van der Waals surface area contributed by atoms with Gasteiger partial charge >= 0.3 is 12.1 Å². The van der Waals surface area contributed by atoms with E-state index in [-0.39, 0.29) is 12.0 Å². The van der Waals surface area contributed by atoms with Gasteiger partial charge in [-0.15, -0.1) is 11.3 Å². The van der Waals surface area contributed by atoms with Crippen molar-refractivity contribution in [3.63, 3.8) is 0 Å². The molecule has 1 unspecified atom stereocenters. The summed E-state index contributed by atoms with van der Waals surface area (Å²) in [6.07, 6.45) is -3.34. The highest BCUT2D eigenvalue weighted by molar-refractivity contribution is 7.16. The molecule has 2 aromatic rings. The van der Waals surface area contributed by atoms with E-state index in [4.69, 9.17) is 16.7 Å². The van der Waals surface area contributed by atoms with Crippen LogP contribution >= 0.6 is 22.9 Å². The maximum absolute atomic E-state index is 12.8. The minimum Gasteiger partial charge on any atom is -0.481 e. The van der Waals surface area contributed by atoms with E-state index in [9.17, 15) is 18.0 Å². The first-order valence-electron chi connectivity index (χ1n) is 8.15. The van der Waals surface area contributed by atoms with Crippen LogP contribution in [0.4, 0.5) is 13.2 Å². The number of halogens is 4. The zero-order valence-electron chi connectivity index (χ0n) is 13.7. The number of hydrogen-bond acceptors (Lipinski definition) is 3. The number of aliphatic carboxylic acids is 1. The zero-order chi connectivity index (χ0) is 18.9. The van der Waals surface area contributed by atoms with E-state index < -0.39 is 17.7 Å². The fraction of sp³-hybridized carbons (Fsp3) is 0.389. The van der Waals surface area contributed by atoms with Crippen LogP contribution in [0.1, 0.15) is 34.9 Å². The lowest BCUT2D eigenvalue weighted by atomic mass is 9.93. The lowest BCUT2D eigenvalue weighted by molar-refractivity contribution is -0.143. The fourth-order valence-corrected chi connectivity index (χ4v) is 4.51. The summed E-state index contributed by atoms with van der Waals surface area (Å²) in [5, 5.41) is 9.17. The summed E-state index contributed by atoms with van der Waals surface area (Å²) in [5.41, 5.74) is 0.0547. The van der Waals surface area contributed by atoms with Gasteiger partial charge in [0.05, 0.1) is 21.9 Å². The molecule has 1 atom stereocenters. The molecule has 2 heterocycles. The number of likely N-dealkylation sites (tertiary alicyclic amines) is 1. The predicted octanol–water partition coefficient (Wildman–Crippen LogP) is 5.31. The molecule has 1 fully saturated rings. The maximum Gasteiger partial charge on any atom is 0.416 e. The molecule has 3 rings (SSSR count). The first kappa shape index (κ1) is 19.2. The smallest absolute Gasteiger partial charge is 0.416 e. The Morgan fingerprint density at radius 2 is 1.77 bits per heavy atom. The van der Waals surface area contributed by atoms with Crippen molar-refractivity contribution in [2.45, 2.75) is 25.1 Å². The van der Waals surface area contributed by atoms with Gasteiger partial charge in [-0.2, -0.15) is 13.2 Å². The van der Waals surface area contributed by atoms with Crippen LogP contribution in [0.5, 0.6) is 0 Å². The highest BCUT2D eigenvalue weighted by Gasteiger charge is 2.33. The average molecular weight is 404 g/mol. The zero-order valence-corrected chi connectivity index (χ0v) is 15.2. The molecule has 1 aromatic heterocycles. The summed E-state index contributed by atoms with van der Waals surface area (Å²) in [7, 11) is 0. The minimum absolute atomic E-state index is 0.232. The van der Waals surface area contributed by atoms with Gasteiger partial charge in [0.25, 0.3) is 0 Å². The Kier molecular flexibility index (Phi) is 5.60. The minimum atomic E-state index is -4.37. The summed E-state index contributed by atoms with van der Waals surface area (Å²) in [6, 6.07) is 8.56. The first-order valence-corrected chi connectivity index (χ1v) is 9.34. The van der Waals surface area contributed by atoms with Crippen LogP contribution in [0.3, 0.4) is 0 Å². The standard InChI is InChI=1S/C18H17ClF3NO2S/c19-15-6-5-14(26-15)16(23-9-7-12(8-10-23)17(24)25)11-1-3-13(4-2-11)18(20,21)22/h1-6,12,16H,7-10H2,(H,24,25). The molecule has 1 aliphatic heterocycles. The number of thiophene rings is 1. The number of rotatable bonds is 4. The van der Waals surface area contributed by atoms with Gasteiger partial charge in [-0.25, -0.2) is 0 Å². The second kappa shape index (κ2) is 7.58. The Bertz CT molecular complexity index is 767. The highest BCUT2D eigenvalue weighted by atomic mass is 35.5. The second-order valence-corrected chi connectivity index (χ2v) is 8.06. The molecule has 0 saturated carbocycles. The van der Waals surface area contributed by atoms with E-state index in [1.165, 1.54) is 23.5 Å². The van der Waals surface area contributed by atoms with Crippen molar-refractivity contribution in [1.82, 2.24) is 4.90 Å². The van der Waals surface area contributed by atoms with E-state index in [1.54, 1.807) is 6.07 Å². The van der Waals surface area contributed by atoms with Crippen molar-refractivity contribution in [2.75, 3.05) is 13.1 Å². The van der Waals surface area contributed by atoms with Crippen molar-refractivity contribution < 1.29 is 23.1 Å². The molecule has 0 aliphatic carbocycles. The normalized spacial score (nSPS) is 18.0. The predicted molar refractivity (Wildman–Crippen MR) is 94.5 cm³/mol. The number of piperidine rings is 1. The van der Waals surface area contributed by atoms with Gasteiger partial charge in [0.1, 0.15) is 0 Å². The summed E-state index contributed by atoms with van der Waals surface area (Å²) in [5.74, 6) is -1.17. The molecule has 8 heteroatoms. The molecule has 26 heavy (non-hydrogen) atoms. The molecule has 140 valence electrons. The number of carboxylic acid groups (broad SMARTS) is 1. The van der Waals surface area contributed by atoms with E-state index in [2.05, 4.69) is 4.90 Å². The number of alkyl halides is 3. The van der Waals surface area contributed by atoms with Gasteiger partial charge in [-0.1, -0.05) is 23.7 Å². The Labute approximate surface area is 158 Å². The molecule has 1 aromatic carbocycles. The summed E-state index contributed by atoms with van der Waals surface area (Å²) >= 11 is 7.44. The number of carbonyl (C=O) groups is 1. The Morgan fingerprint density at radius 1 is 1.15 bits per heavy atom. The number of carboxylic acids is 1. The van der Waals surface area contributed by atoms with Crippen LogP contribution in [-0.4, -0.2) is 29.1 Å². The molecule has 3 nitrogen and oxygen atoms in total. The Hall–Kier alpha value is -1.57. The molecular weight excluding hydrogens is 387 g/mol. The lowest BCUT2D eigenvalue weighted by Gasteiger charge is -2.36. The third-order valence-corrected chi connectivity index (χ3v) is 5.94. The first-order chi connectivity index (χ1) is 12.3. The van der Waals surface area contributed by atoms with Gasteiger partial charge in [-0.05, 0) is 55.8 Å². The van der Waals surface area contributed by atoms with Gasteiger partial charge < -0.3 is 5.11 Å². The van der Waals surface area contributed by atoms with Crippen molar-refractivity contribution >= 4 is 28.9 Å². The molecule has 1 saturated heterocycles. The van der Waals surface area contributed by atoms with Gasteiger partial charge in [-0.3, -0.25) is 9.69 Å². The van der Waals surface area contributed by atoms with Gasteiger partial charge in [0, 0.05) is 4.88 Å². The fourth-order valence-electron chi connectivity index (χ4n) is 3.29. The summed E-state index contributed by atoms with van der Waals surface area (Å²) < 4.78 is 39.1. The van der Waals surface area contributed by atoms with Crippen molar-refractivity contribution in [2.24, 2.45) is 5.92 Å². The Morgan fingerprint density at radius 3 is 2.23 bits per heavy atom. The van der Waals surface area contributed by atoms with Crippen LogP contribution in [0.2, 0.25) is 4.34 Å². The van der Waals surface area contributed by atoms with E-state index in [0.29, 0.717) is 30.3 Å². The highest BCUT2D eigenvalue weighted by Crippen LogP contribution is 2.38. The van der Waals surface area contributed by atoms with Crippen molar-refractivity contribution in [3.8, 4) is 0 Å². The third-order valence-electron chi connectivity index (χ3n) is 4.66. The largest absolute Gasteiger partial charge is 0.481 e. The summed E-state index contributed by atoms with van der Waals surface area (Å²) in [6.45, 7) is 1.14. The molecule has 1 aliphatic rings. The van der Waals surface area contributed by atoms with Crippen LogP contribution < -0.4 is 0 Å². The van der Waals surface area contributed by atoms with Crippen LogP contribution in [0.25, 0.3) is 0 Å². The quantitative estimate of drug-likeness (QED) is 0.752. The number of benzene rings is 1. The third kappa shape index (κ3) is 4.22. The van der Waals surface area contributed by atoms with Crippen LogP contribution in [0, 0.1) is 5.92 Å². The summed E-state index contributed by atoms with van der Waals surface area (Å²) in [4.78, 5) is 14.2. The van der Waals surface area contributed by atoms with Gasteiger partial charge in [0.2, 0.25) is 0 Å². The average Bonchev–Trinajstić information content (AvgIpc) is 3.01. The van der Waals surface area contributed by atoms with E-state index >= 15 is 0 Å². The van der Waals surface area contributed by atoms with Crippen LogP contribution in [-0.2, 0) is 11.0 Å². The molecule has 0 amide bonds. The van der Waals surface area contributed by atoms with E-state index in [0.717, 1.165) is 22.6 Å². The number of nitrogens with zero attached hydrogens (tertiary/aromatic N) is 1. The molecule has 0 bridgehead atoms. The monoisotopic (exact) mass is 403 g/mol. The maximum atomic E-state index is 12.8. The lowest BCUT2D eigenvalue weighted by Crippen LogP contribution is -2.39.